The van der Waals surface area contributed by atoms with Gasteiger partial charge in [-0.3, -0.25) is 15.0 Å². The minimum atomic E-state index is -0.799. The first-order valence-electron chi connectivity index (χ1n) is 5.89. The topological polar surface area (TPSA) is 56.1 Å². The van der Waals surface area contributed by atoms with Gasteiger partial charge in [-0.25, -0.2) is 4.39 Å². The van der Waals surface area contributed by atoms with Crippen molar-refractivity contribution < 1.29 is 9.18 Å². The van der Waals surface area contributed by atoms with Gasteiger partial charge < -0.3 is 0 Å². The number of thiol groups is 1. The first-order chi connectivity index (χ1) is 9.33. The summed E-state index contributed by atoms with van der Waals surface area (Å²) in [5, 5.41) is 12.0. The van der Waals surface area contributed by atoms with Gasteiger partial charge in [-0.05, 0) is 32.2 Å². The summed E-state index contributed by atoms with van der Waals surface area (Å²) in [5.41, 5.74) is -1.01. The SMILES string of the molecule is CSc1c(C#N)ccc(N2C(=O)C(C)(C)NC2S)c1F. The third-order valence-electron chi connectivity index (χ3n) is 3.15. The molecule has 1 saturated heterocycles. The molecule has 1 amide bonds. The van der Waals surface area contributed by atoms with Crippen LogP contribution >= 0.6 is 24.4 Å². The van der Waals surface area contributed by atoms with Crippen molar-refractivity contribution in [2.45, 2.75) is 29.8 Å². The van der Waals surface area contributed by atoms with Crippen molar-refractivity contribution in [3.63, 3.8) is 0 Å². The van der Waals surface area contributed by atoms with Crippen LogP contribution in [-0.2, 0) is 4.79 Å². The van der Waals surface area contributed by atoms with Crippen LogP contribution < -0.4 is 10.2 Å². The summed E-state index contributed by atoms with van der Waals surface area (Å²) in [6.45, 7) is 3.44. The highest BCUT2D eigenvalue weighted by atomic mass is 32.2. The van der Waals surface area contributed by atoms with Gasteiger partial charge in [0.25, 0.3) is 0 Å². The number of halogens is 1. The van der Waals surface area contributed by atoms with E-state index in [-0.39, 0.29) is 22.1 Å². The van der Waals surface area contributed by atoms with Crippen molar-refractivity contribution in [2.75, 3.05) is 11.2 Å². The lowest BCUT2D eigenvalue weighted by atomic mass is 10.1. The summed E-state index contributed by atoms with van der Waals surface area (Å²) >= 11 is 5.43. The molecule has 1 N–H and O–H groups in total. The quantitative estimate of drug-likeness (QED) is 0.650. The number of nitriles is 1. The summed E-state index contributed by atoms with van der Waals surface area (Å²) in [6, 6.07) is 4.90. The predicted molar refractivity (Wildman–Crippen MR) is 80.4 cm³/mol. The Balaban J connectivity index is 2.55. The van der Waals surface area contributed by atoms with Crippen molar-refractivity contribution in [2.24, 2.45) is 0 Å². The van der Waals surface area contributed by atoms with Crippen molar-refractivity contribution in [3.8, 4) is 6.07 Å². The van der Waals surface area contributed by atoms with Gasteiger partial charge in [-0.1, -0.05) is 0 Å². The summed E-state index contributed by atoms with van der Waals surface area (Å²) < 4.78 is 14.5. The molecule has 1 unspecified atom stereocenters. The number of rotatable bonds is 2. The maximum absolute atomic E-state index is 14.5. The summed E-state index contributed by atoms with van der Waals surface area (Å²) in [4.78, 5) is 13.8. The Kier molecular flexibility index (Phi) is 4.00. The highest BCUT2D eigenvalue weighted by molar-refractivity contribution is 7.98. The number of hydrogen-bond donors (Lipinski definition) is 2. The molecular weight excluding hydrogens is 297 g/mol. The number of hydrogen-bond acceptors (Lipinski definition) is 5. The minimum absolute atomic E-state index is 0.136. The van der Waals surface area contributed by atoms with Gasteiger partial charge in [0.1, 0.15) is 11.6 Å². The largest absolute Gasteiger partial charge is 0.283 e. The Morgan fingerprint density at radius 2 is 2.20 bits per heavy atom. The molecule has 0 aromatic heterocycles. The van der Waals surface area contributed by atoms with Gasteiger partial charge in [0, 0.05) is 0 Å². The van der Waals surface area contributed by atoms with E-state index in [1.807, 2.05) is 6.07 Å². The lowest BCUT2D eigenvalue weighted by molar-refractivity contribution is -0.121. The average Bonchev–Trinajstić information content (AvgIpc) is 2.59. The predicted octanol–water partition coefficient (Wildman–Crippen LogP) is 2.35. The van der Waals surface area contributed by atoms with Crippen molar-refractivity contribution in [1.29, 1.82) is 5.26 Å². The Hall–Kier alpha value is -1.23. The maximum Gasteiger partial charge on any atom is 0.248 e. The third kappa shape index (κ3) is 2.28. The highest BCUT2D eigenvalue weighted by Crippen LogP contribution is 2.35. The van der Waals surface area contributed by atoms with E-state index < -0.39 is 16.9 Å². The fraction of sp³-hybridized carbons (Fsp3) is 0.385. The van der Waals surface area contributed by atoms with Gasteiger partial charge in [0.2, 0.25) is 5.91 Å². The molecule has 0 radical (unpaired) electrons. The molecule has 0 saturated carbocycles. The van der Waals surface area contributed by atoms with Crippen molar-refractivity contribution in [3.05, 3.63) is 23.5 Å². The molecule has 1 aliphatic rings. The molecule has 1 aromatic carbocycles. The number of nitrogens with one attached hydrogen (secondary N) is 1. The van der Waals surface area contributed by atoms with Crippen LogP contribution in [-0.4, -0.2) is 23.2 Å². The van der Waals surface area contributed by atoms with E-state index in [9.17, 15) is 9.18 Å². The zero-order chi connectivity index (χ0) is 15.1. The van der Waals surface area contributed by atoms with Crippen LogP contribution in [0.1, 0.15) is 19.4 Å². The number of thioether (sulfide) groups is 1. The van der Waals surface area contributed by atoms with E-state index >= 15 is 0 Å². The monoisotopic (exact) mass is 311 g/mol. The second kappa shape index (κ2) is 5.28. The fourth-order valence-electron chi connectivity index (χ4n) is 2.12. The Morgan fingerprint density at radius 3 is 2.65 bits per heavy atom. The lowest BCUT2D eigenvalue weighted by Gasteiger charge is -2.22. The Bertz CT molecular complexity index is 612. The van der Waals surface area contributed by atoms with Crippen molar-refractivity contribution in [1.82, 2.24) is 5.32 Å². The Morgan fingerprint density at radius 1 is 1.55 bits per heavy atom. The molecule has 1 atom stereocenters. The average molecular weight is 311 g/mol. The number of anilines is 1. The number of amides is 1. The number of nitrogens with zero attached hydrogens (tertiary/aromatic N) is 2. The summed E-state index contributed by atoms with van der Waals surface area (Å²) in [7, 11) is 0. The highest BCUT2D eigenvalue weighted by Gasteiger charge is 2.45. The number of carbonyl (C=O) groups excluding carboxylic acids is 1. The molecule has 2 rings (SSSR count). The molecular formula is C13H14FN3OS2. The third-order valence-corrected chi connectivity index (χ3v) is 4.32. The number of benzene rings is 1. The summed E-state index contributed by atoms with van der Waals surface area (Å²) in [5.74, 6) is -0.823. The molecule has 1 fully saturated rings. The smallest absolute Gasteiger partial charge is 0.248 e. The molecule has 106 valence electrons. The van der Waals surface area contributed by atoms with E-state index in [1.54, 1.807) is 20.1 Å². The first-order valence-corrected chi connectivity index (χ1v) is 7.63. The second-order valence-electron chi connectivity index (χ2n) is 4.91. The first kappa shape index (κ1) is 15.2. The lowest BCUT2D eigenvalue weighted by Crippen LogP contribution is -2.40. The molecule has 4 nitrogen and oxygen atoms in total. The molecule has 1 aromatic rings. The van der Waals surface area contributed by atoms with Gasteiger partial charge in [-0.2, -0.15) is 5.26 Å². The van der Waals surface area contributed by atoms with E-state index in [0.717, 1.165) is 11.8 Å². The summed E-state index contributed by atoms with van der Waals surface area (Å²) in [6.07, 6.45) is 1.69. The van der Waals surface area contributed by atoms with Gasteiger partial charge >= 0.3 is 0 Å². The van der Waals surface area contributed by atoms with Crippen LogP contribution in [0.3, 0.4) is 0 Å². The van der Waals surface area contributed by atoms with Gasteiger partial charge in [0.15, 0.2) is 5.82 Å². The molecule has 0 bridgehead atoms. The molecule has 0 aliphatic carbocycles. The van der Waals surface area contributed by atoms with E-state index in [1.165, 1.54) is 17.0 Å². The van der Waals surface area contributed by atoms with Gasteiger partial charge in [0.05, 0.1) is 21.7 Å². The van der Waals surface area contributed by atoms with Crippen LogP contribution in [0.25, 0.3) is 0 Å². The fourth-order valence-corrected chi connectivity index (χ4v) is 3.29. The maximum atomic E-state index is 14.5. The molecule has 1 heterocycles. The molecule has 1 aliphatic heterocycles. The standard InChI is InChI=1S/C13H14FN3OS2/c1-13(2)11(18)17(12(19)16-13)8-5-4-7(6-15)10(20-3)9(8)14/h4-5,12,16,19H,1-3H3. The van der Waals surface area contributed by atoms with Crippen LogP contribution in [0, 0.1) is 17.1 Å². The molecule has 20 heavy (non-hydrogen) atoms. The van der Waals surface area contributed by atoms with Crippen LogP contribution in [0.2, 0.25) is 0 Å². The van der Waals surface area contributed by atoms with E-state index in [4.69, 9.17) is 5.26 Å². The Labute approximate surface area is 126 Å². The van der Waals surface area contributed by atoms with E-state index in [0.29, 0.717) is 0 Å². The zero-order valence-corrected chi connectivity index (χ0v) is 13.0. The van der Waals surface area contributed by atoms with Crippen LogP contribution in [0.4, 0.5) is 10.1 Å². The van der Waals surface area contributed by atoms with E-state index in [2.05, 4.69) is 17.9 Å². The zero-order valence-electron chi connectivity index (χ0n) is 11.3. The second-order valence-corrected chi connectivity index (χ2v) is 6.22. The normalized spacial score (nSPS) is 21.1. The van der Waals surface area contributed by atoms with Crippen molar-refractivity contribution >= 4 is 36.0 Å². The minimum Gasteiger partial charge on any atom is -0.283 e. The van der Waals surface area contributed by atoms with Gasteiger partial charge in [-0.15, -0.1) is 24.4 Å². The molecule has 0 spiro atoms. The molecule has 7 heteroatoms. The van der Waals surface area contributed by atoms with Crippen LogP contribution in [0.15, 0.2) is 17.0 Å². The number of carbonyl (C=O) groups is 1. The van der Waals surface area contributed by atoms with Crippen LogP contribution in [0.5, 0.6) is 0 Å².